The van der Waals surface area contributed by atoms with Gasteiger partial charge in [0.2, 0.25) is 0 Å². The molecule has 0 spiro atoms. The SMILES string of the molecule is CC.CC.CC1CCCN(C2CC(F)(F)C2)C1. The molecule has 17 heavy (non-hydrogen) atoms. The molecule has 0 aromatic heterocycles. The maximum Gasteiger partial charge on any atom is 0.251 e. The molecule has 1 atom stereocenters. The molecule has 1 aliphatic heterocycles. The van der Waals surface area contributed by atoms with Crippen LogP contribution in [0.5, 0.6) is 0 Å². The van der Waals surface area contributed by atoms with Crippen LogP contribution >= 0.6 is 0 Å². The topological polar surface area (TPSA) is 3.24 Å². The van der Waals surface area contributed by atoms with Crippen molar-refractivity contribution in [3.63, 3.8) is 0 Å². The van der Waals surface area contributed by atoms with E-state index in [2.05, 4.69) is 11.8 Å². The molecule has 2 rings (SSSR count). The molecule has 1 saturated carbocycles. The van der Waals surface area contributed by atoms with Crippen LogP contribution in [-0.4, -0.2) is 30.0 Å². The molecule has 2 aliphatic rings. The van der Waals surface area contributed by atoms with Gasteiger partial charge in [0, 0.05) is 25.4 Å². The number of nitrogens with zero attached hydrogens (tertiary/aromatic N) is 1. The predicted molar refractivity (Wildman–Crippen MR) is 70.6 cm³/mol. The van der Waals surface area contributed by atoms with Crippen LogP contribution in [-0.2, 0) is 0 Å². The molecule has 1 unspecified atom stereocenters. The zero-order chi connectivity index (χ0) is 13.5. The van der Waals surface area contributed by atoms with E-state index in [4.69, 9.17) is 0 Å². The summed E-state index contributed by atoms with van der Waals surface area (Å²) in [6.45, 7) is 12.3. The van der Waals surface area contributed by atoms with Crippen LogP contribution in [0.2, 0.25) is 0 Å². The van der Waals surface area contributed by atoms with Crippen molar-refractivity contribution in [1.82, 2.24) is 4.90 Å². The van der Waals surface area contributed by atoms with Crippen molar-refractivity contribution >= 4 is 0 Å². The van der Waals surface area contributed by atoms with Gasteiger partial charge in [0.05, 0.1) is 0 Å². The second-order valence-electron chi connectivity index (χ2n) is 4.66. The summed E-state index contributed by atoms with van der Waals surface area (Å²) < 4.78 is 25.2. The van der Waals surface area contributed by atoms with E-state index >= 15 is 0 Å². The van der Waals surface area contributed by atoms with Gasteiger partial charge in [0.1, 0.15) is 0 Å². The summed E-state index contributed by atoms with van der Waals surface area (Å²) in [7, 11) is 0. The number of halogens is 2. The molecular weight excluding hydrogens is 220 g/mol. The molecule has 0 N–H and O–H groups in total. The number of alkyl halides is 2. The third-order valence-electron chi connectivity index (χ3n) is 3.27. The normalized spacial score (nSPS) is 28.1. The molecule has 0 radical (unpaired) electrons. The maximum absolute atomic E-state index is 12.6. The quantitative estimate of drug-likeness (QED) is 0.658. The Balaban J connectivity index is 0.000000581. The summed E-state index contributed by atoms with van der Waals surface area (Å²) in [4.78, 5) is 2.26. The lowest BCUT2D eigenvalue weighted by molar-refractivity contribution is -0.129. The Morgan fingerprint density at radius 3 is 2.00 bits per heavy atom. The lowest BCUT2D eigenvalue weighted by atomic mass is 9.85. The van der Waals surface area contributed by atoms with Gasteiger partial charge >= 0.3 is 0 Å². The first kappa shape index (κ1) is 16.8. The summed E-state index contributed by atoms with van der Waals surface area (Å²) in [6, 6.07) is 0.178. The van der Waals surface area contributed by atoms with Gasteiger partial charge in [-0.1, -0.05) is 34.6 Å². The monoisotopic (exact) mass is 249 g/mol. The molecule has 104 valence electrons. The summed E-state index contributed by atoms with van der Waals surface area (Å²) >= 11 is 0. The van der Waals surface area contributed by atoms with E-state index in [1.165, 1.54) is 12.8 Å². The Bertz CT molecular complexity index is 187. The van der Waals surface area contributed by atoms with E-state index in [0.29, 0.717) is 5.92 Å². The van der Waals surface area contributed by atoms with Crippen LogP contribution in [0.1, 0.15) is 60.3 Å². The predicted octanol–water partition coefficient (Wildman–Crippen LogP) is 4.57. The van der Waals surface area contributed by atoms with E-state index in [-0.39, 0.29) is 18.9 Å². The minimum Gasteiger partial charge on any atom is -0.300 e. The minimum atomic E-state index is -2.36. The first-order chi connectivity index (χ1) is 8.07. The fourth-order valence-corrected chi connectivity index (χ4v) is 2.45. The van der Waals surface area contributed by atoms with E-state index < -0.39 is 5.92 Å². The van der Waals surface area contributed by atoms with E-state index in [1.54, 1.807) is 0 Å². The number of hydrogen-bond acceptors (Lipinski definition) is 1. The molecular formula is C14H29F2N. The largest absolute Gasteiger partial charge is 0.300 e. The Morgan fingerprint density at radius 2 is 1.59 bits per heavy atom. The van der Waals surface area contributed by atoms with Gasteiger partial charge < -0.3 is 0 Å². The average molecular weight is 249 g/mol. The summed E-state index contributed by atoms with van der Waals surface area (Å²) in [6.07, 6.45) is 2.64. The van der Waals surface area contributed by atoms with Gasteiger partial charge in [-0.2, -0.15) is 0 Å². The zero-order valence-electron chi connectivity index (χ0n) is 12.1. The first-order valence-electron chi connectivity index (χ1n) is 7.19. The Morgan fingerprint density at radius 1 is 1.06 bits per heavy atom. The molecule has 0 bridgehead atoms. The molecule has 0 aromatic carbocycles. The van der Waals surface area contributed by atoms with Crippen molar-refractivity contribution in [2.45, 2.75) is 72.3 Å². The van der Waals surface area contributed by atoms with Crippen molar-refractivity contribution in [3.05, 3.63) is 0 Å². The van der Waals surface area contributed by atoms with Crippen LogP contribution in [0.25, 0.3) is 0 Å². The molecule has 0 aromatic rings. The molecule has 0 amide bonds. The first-order valence-corrected chi connectivity index (χ1v) is 7.19. The standard InChI is InChI=1S/C10H17F2N.2C2H6/c1-8-3-2-4-13(7-8)9-5-10(11,12)6-9;2*1-2/h8-9H,2-7H2,1H3;2*1-2H3. The van der Waals surface area contributed by atoms with Crippen LogP contribution < -0.4 is 0 Å². The average Bonchev–Trinajstić information content (AvgIpc) is 2.31. The molecule has 1 nitrogen and oxygen atoms in total. The summed E-state index contributed by atoms with van der Waals surface area (Å²) in [5.74, 6) is -1.66. The lowest BCUT2D eigenvalue weighted by Crippen LogP contribution is -2.53. The number of likely N-dealkylation sites (tertiary alicyclic amines) is 1. The third-order valence-corrected chi connectivity index (χ3v) is 3.27. The number of hydrogen-bond donors (Lipinski definition) is 0. The van der Waals surface area contributed by atoms with Gasteiger partial charge in [-0.25, -0.2) is 8.78 Å². The van der Waals surface area contributed by atoms with Gasteiger partial charge in [-0.05, 0) is 25.3 Å². The maximum atomic E-state index is 12.6. The van der Waals surface area contributed by atoms with Gasteiger partial charge in [0.15, 0.2) is 0 Å². The van der Waals surface area contributed by atoms with Crippen LogP contribution in [0.15, 0.2) is 0 Å². The highest BCUT2D eigenvalue weighted by Crippen LogP contribution is 2.41. The van der Waals surface area contributed by atoms with Gasteiger partial charge in [-0.15, -0.1) is 0 Å². The van der Waals surface area contributed by atoms with Crippen LogP contribution in [0.3, 0.4) is 0 Å². The smallest absolute Gasteiger partial charge is 0.251 e. The number of rotatable bonds is 1. The van der Waals surface area contributed by atoms with Crippen molar-refractivity contribution in [2.24, 2.45) is 5.92 Å². The second kappa shape index (κ2) is 8.02. The van der Waals surface area contributed by atoms with E-state index in [9.17, 15) is 8.78 Å². The Kier molecular flexibility index (Phi) is 7.93. The Labute approximate surface area is 106 Å². The van der Waals surface area contributed by atoms with Crippen molar-refractivity contribution in [2.75, 3.05) is 13.1 Å². The molecule has 1 aliphatic carbocycles. The van der Waals surface area contributed by atoms with Gasteiger partial charge in [0.25, 0.3) is 5.92 Å². The highest BCUT2D eigenvalue weighted by molar-refractivity contribution is 4.94. The number of piperidine rings is 1. The van der Waals surface area contributed by atoms with Gasteiger partial charge in [-0.3, -0.25) is 4.90 Å². The van der Waals surface area contributed by atoms with Crippen molar-refractivity contribution in [3.8, 4) is 0 Å². The summed E-state index contributed by atoms with van der Waals surface area (Å²) in [5, 5.41) is 0. The lowest BCUT2D eigenvalue weighted by Gasteiger charge is -2.45. The second-order valence-corrected chi connectivity index (χ2v) is 4.66. The minimum absolute atomic E-state index is 0.0969. The third kappa shape index (κ3) is 5.33. The molecule has 1 heterocycles. The summed E-state index contributed by atoms with van der Waals surface area (Å²) in [5.41, 5.74) is 0. The van der Waals surface area contributed by atoms with E-state index in [1.807, 2.05) is 27.7 Å². The zero-order valence-corrected chi connectivity index (χ0v) is 12.1. The fraction of sp³-hybridized carbons (Fsp3) is 1.00. The highest BCUT2D eigenvalue weighted by Gasteiger charge is 2.48. The molecule has 2 fully saturated rings. The Hall–Kier alpha value is -0.180. The van der Waals surface area contributed by atoms with Crippen LogP contribution in [0.4, 0.5) is 8.78 Å². The highest BCUT2D eigenvalue weighted by atomic mass is 19.3. The molecule has 1 saturated heterocycles. The van der Waals surface area contributed by atoms with E-state index in [0.717, 1.165) is 13.1 Å². The fourth-order valence-electron chi connectivity index (χ4n) is 2.45. The van der Waals surface area contributed by atoms with Crippen molar-refractivity contribution in [1.29, 1.82) is 0 Å². The molecule has 3 heteroatoms. The van der Waals surface area contributed by atoms with Crippen molar-refractivity contribution < 1.29 is 8.78 Å². The van der Waals surface area contributed by atoms with Crippen LogP contribution in [0, 0.1) is 5.92 Å².